The van der Waals surface area contributed by atoms with Crippen LogP contribution in [-0.4, -0.2) is 16.5 Å². The van der Waals surface area contributed by atoms with Crippen molar-refractivity contribution in [3.05, 3.63) is 23.8 Å². The maximum Gasteiger partial charge on any atom is 0.0757 e. The quantitative estimate of drug-likeness (QED) is 0.620. The zero-order valence-electron chi connectivity index (χ0n) is 6.08. The lowest BCUT2D eigenvalue weighted by molar-refractivity contribution is 0.613. The number of hydrogen-bond donors (Lipinski definition) is 1. The van der Waals surface area contributed by atoms with Crippen molar-refractivity contribution >= 4 is 12.4 Å². The first-order valence-electron chi connectivity index (χ1n) is 3.46. The molecule has 0 radical (unpaired) electrons. The van der Waals surface area contributed by atoms with Gasteiger partial charge in [-0.05, 0) is 0 Å². The summed E-state index contributed by atoms with van der Waals surface area (Å²) in [6.07, 6.45) is 4.51. The van der Waals surface area contributed by atoms with E-state index in [4.69, 9.17) is 0 Å². The fourth-order valence-electron chi connectivity index (χ4n) is 1.17. The molecule has 0 saturated heterocycles. The molecular formula is C7H10ClN3. The molecule has 11 heavy (non-hydrogen) atoms. The first-order valence-corrected chi connectivity index (χ1v) is 3.46. The van der Waals surface area contributed by atoms with Crippen LogP contribution in [-0.2, 0) is 13.0 Å². The predicted molar refractivity (Wildman–Crippen MR) is 44.7 cm³/mol. The minimum absolute atomic E-state index is 0. The predicted octanol–water partition coefficient (Wildman–Crippen LogP) is 0.544. The van der Waals surface area contributed by atoms with E-state index in [1.807, 2.05) is 0 Å². The van der Waals surface area contributed by atoms with Crippen molar-refractivity contribution in [3.8, 4) is 0 Å². The van der Waals surface area contributed by atoms with Gasteiger partial charge in [0.25, 0.3) is 0 Å². The maximum absolute atomic E-state index is 4.22. The van der Waals surface area contributed by atoms with Crippen LogP contribution in [0.15, 0.2) is 12.4 Å². The maximum atomic E-state index is 4.22. The summed E-state index contributed by atoms with van der Waals surface area (Å²) in [5, 5.41) is 3.24. The second kappa shape index (κ2) is 3.64. The first kappa shape index (κ1) is 8.43. The molecule has 0 aromatic carbocycles. The third-order valence-corrected chi connectivity index (χ3v) is 1.69. The molecule has 1 aliphatic rings. The van der Waals surface area contributed by atoms with Crippen molar-refractivity contribution in [2.24, 2.45) is 0 Å². The second-order valence-electron chi connectivity index (χ2n) is 2.38. The summed E-state index contributed by atoms with van der Waals surface area (Å²) in [6.45, 7) is 1.91. The molecule has 1 aromatic heterocycles. The van der Waals surface area contributed by atoms with Crippen molar-refractivity contribution in [2.75, 3.05) is 6.54 Å². The van der Waals surface area contributed by atoms with Gasteiger partial charge < -0.3 is 5.32 Å². The van der Waals surface area contributed by atoms with Gasteiger partial charge in [0.2, 0.25) is 0 Å². The average Bonchev–Trinajstić information content (AvgIpc) is 2.05. The summed E-state index contributed by atoms with van der Waals surface area (Å²) in [7, 11) is 0. The van der Waals surface area contributed by atoms with E-state index in [1.54, 1.807) is 12.4 Å². The summed E-state index contributed by atoms with van der Waals surface area (Å²) in [5.41, 5.74) is 2.26. The molecule has 60 valence electrons. The number of hydrogen-bond acceptors (Lipinski definition) is 3. The molecule has 0 amide bonds. The highest BCUT2D eigenvalue weighted by molar-refractivity contribution is 5.85. The molecule has 1 aliphatic heterocycles. The molecule has 0 bridgehead atoms. The Morgan fingerprint density at radius 2 is 1.91 bits per heavy atom. The lowest BCUT2D eigenvalue weighted by Gasteiger charge is -2.13. The topological polar surface area (TPSA) is 37.8 Å². The molecule has 0 spiro atoms. The van der Waals surface area contributed by atoms with Crippen molar-refractivity contribution < 1.29 is 0 Å². The number of rotatable bonds is 0. The van der Waals surface area contributed by atoms with Gasteiger partial charge in [-0.2, -0.15) is 0 Å². The third kappa shape index (κ3) is 1.67. The molecule has 0 fully saturated rings. The van der Waals surface area contributed by atoms with Gasteiger partial charge in [-0.25, -0.2) is 0 Å². The van der Waals surface area contributed by atoms with Crippen molar-refractivity contribution in [1.82, 2.24) is 15.3 Å². The number of halogens is 1. The summed E-state index contributed by atoms with van der Waals surface area (Å²) in [6, 6.07) is 0. The lowest BCUT2D eigenvalue weighted by atomic mass is 10.2. The van der Waals surface area contributed by atoms with Crippen molar-refractivity contribution in [2.45, 2.75) is 13.0 Å². The van der Waals surface area contributed by atoms with E-state index in [1.165, 1.54) is 0 Å². The van der Waals surface area contributed by atoms with Gasteiger partial charge in [-0.3, -0.25) is 9.97 Å². The van der Waals surface area contributed by atoms with Crippen LogP contribution >= 0.6 is 12.4 Å². The van der Waals surface area contributed by atoms with Gasteiger partial charge in [0, 0.05) is 31.9 Å². The van der Waals surface area contributed by atoms with Gasteiger partial charge in [-0.15, -0.1) is 12.4 Å². The van der Waals surface area contributed by atoms with E-state index >= 15 is 0 Å². The molecule has 3 nitrogen and oxygen atoms in total. The van der Waals surface area contributed by atoms with E-state index in [9.17, 15) is 0 Å². The summed E-state index contributed by atoms with van der Waals surface area (Å²) in [5.74, 6) is 0. The molecule has 0 unspecified atom stereocenters. The van der Waals surface area contributed by atoms with E-state index in [-0.39, 0.29) is 12.4 Å². The zero-order chi connectivity index (χ0) is 6.81. The molecule has 0 saturated carbocycles. The number of aromatic nitrogens is 2. The Kier molecular flexibility index (Phi) is 2.79. The van der Waals surface area contributed by atoms with Crippen LogP contribution in [0.2, 0.25) is 0 Å². The normalized spacial score (nSPS) is 14.9. The van der Waals surface area contributed by atoms with Crippen LogP contribution in [0.3, 0.4) is 0 Å². The van der Waals surface area contributed by atoms with Gasteiger partial charge >= 0.3 is 0 Å². The Bertz CT molecular complexity index is 214. The van der Waals surface area contributed by atoms with E-state index in [0.717, 1.165) is 30.9 Å². The van der Waals surface area contributed by atoms with Crippen LogP contribution in [0.5, 0.6) is 0 Å². The molecule has 0 aliphatic carbocycles. The monoisotopic (exact) mass is 171 g/mol. The highest BCUT2D eigenvalue weighted by Gasteiger charge is 2.08. The molecule has 4 heteroatoms. The molecule has 0 atom stereocenters. The van der Waals surface area contributed by atoms with Crippen LogP contribution in [0.1, 0.15) is 11.4 Å². The second-order valence-corrected chi connectivity index (χ2v) is 2.38. The lowest BCUT2D eigenvalue weighted by Crippen LogP contribution is -2.25. The summed E-state index contributed by atoms with van der Waals surface area (Å²) in [4.78, 5) is 8.41. The summed E-state index contributed by atoms with van der Waals surface area (Å²) < 4.78 is 0. The van der Waals surface area contributed by atoms with Gasteiger partial charge in [0.05, 0.1) is 11.4 Å². The molecule has 1 aromatic rings. The minimum Gasteiger partial charge on any atom is -0.311 e. The minimum atomic E-state index is 0. The molecule has 1 N–H and O–H groups in total. The van der Waals surface area contributed by atoms with Crippen molar-refractivity contribution in [3.63, 3.8) is 0 Å². The van der Waals surface area contributed by atoms with Crippen LogP contribution in [0.25, 0.3) is 0 Å². The molecular weight excluding hydrogens is 162 g/mol. The zero-order valence-corrected chi connectivity index (χ0v) is 6.90. The van der Waals surface area contributed by atoms with Gasteiger partial charge in [-0.1, -0.05) is 0 Å². The Morgan fingerprint density at radius 1 is 1.18 bits per heavy atom. The number of nitrogens with one attached hydrogen (secondary N) is 1. The highest BCUT2D eigenvalue weighted by Crippen LogP contribution is 2.05. The number of nitrogens with zero attached hydrogens (tertiary/aromatic N) is 2. The van der Waals surface area contributed by atoms with Gasteiger partial charge in [0.15, 0.2) is 0 Å². The van der Waals surface area contributed by atoms with E-state index < -0.39 is 0 Å². The number of fused-ring (bicyclic) bond motifs is 1. The Balaban J connectivity index is 0.000000605. The Labute approximate surface area is 71.7 Å². The van der Waals surface area contributed by atoms with Crippen LogP contribution in [0.4, 0.5) is 0 Å². The van der Waals surface area contributed by atoms with Crippen molar-refractivity contribution in [1.29, 1.82) is 0 Å². The van der Waals surface area contributed by atoms with E-state index in [2.05, 4.69) is 15.3 Å². The van der Waals surface area contributed by atoms with Gasteiger partial charge in [0.1, 0.15) is 0 Å². The fraction of sp³-hybridized carbons (Fsp3) is 0.429. The third-order valence-electron chi connectivity index (χ3n) is 1.69. The van der Waals surface area contributed by atoms with Crippen LogP contribution < -0.4 is 5.32 Å². The molecule has 2 rings (SSSR count). The largest absolute Gasteiger partial charge is 0.311 e. The Morgan fingerprint density at radius 3 is 2.64 bits per heavy atom. The van der Waals surface area contributed by atoms with Crippen LogP contribution in [0, 0.1) is 0 Å². The smallest absolute Gasteiger partial charge is 0.0757 e. The van der Waals surface area contributed by atoms with E-state index in [0.29, 0.717) is 0 Å². The summed E-state index contributed by atoms with van der Waals surface area (Å²) >= 11 is 0. The highest BCUT2D eigenvalue weighted by atomic mass is 35.5. The fourth-order valence-corrected chi connectivity index (χ4v) is 1.17. The SMILES string of the molecule is Cl.c1cnc2c(n1)CCNC2. The average molecular weight is 172 g/mol. The standard InChI is InChI=1S/C7H9N3.ClH/c1-2-8-5-7-6(1)9-3-4-10-7;/h3-4,8H,1-2,5H2;1H. The molecule has 2 heterocycles. The Hall–Kier alpha value is -0.670. The first-order chi connectivity index (χ1) is 4.97.